The van der Waals surface area contributed by atoms with Crippen LogP contribution in [-0.2, 0) is 6.42 Å². The van der Waals surface area contributed by atoms with E-state index < -0.39 is 0 Å². The third-order valence-electron chi connectivity index (χ3n) is 2.50. The van der Waals surface area contributed by atoms with E-state index >= 15 is 0 Å². The lowest BCUT2D eigenvalue weighted by atomic mass is 10.1. The first-order chi connectivity index (χ1) is 8.58. The minimum atomic E-state index is -0.0472. The summed E-state index contributed by atoms with van der Waals surface area (Å²) in [5.74, 6) is 0.610. The Labute approximate surface area is 110 Å². The Kier molecular flexibility index (Phi) is 3.72. The van der Waals surface area contributed by atoms with Crippen LogP contribution in [0.4, 0.5) is 0 Å². The molecule has 0 saturated carbocycles. The first-order valence-corrected chi connectivity index (χ1v) is 5.99. The van der Waals surface area contributed by atoms with E-state index in [9.17, 15) is 4.79 Å². The number of carbonyl (C=O) groups is 1. The fourth-order valence-corrected chi connectivity index (χ4v) is 1.73. The van der Waals surface area contributed by atoms with Gasteiger partial charge in [-0.15, -0.1) is 0 Å². The number of halogens is 1. The van der Waals surface area contributed by atoms with Gasteiger partial charge >= 0.3 is 0 Å². The van der Waals surface area contributed by atoms with Gasteiger partial charge in [0.25, 0.3) is 0 Å². The molecule has 0 N–H and O–H groups in total. The van der Waals surface area contributed by atoms with E-state index in [-0.39, 0.29) is 18.2 Å². The van der Waals surface area contributed by atoms with Crippen molar-refractivity contribution in [3.8, 4) is 0 Å². The molecule has 0 atom stereocenters. The fraction of sp³-hybridized carbons (Fsp3) is 0.333. The monoisotopic (exact) mass is 264 g/mol. The van der Waals surface area contributed by atoms with E-state index in [1.165, 1.54) is 12.5 Å². The molecular formula is C12H13ClN4O. The number of ketones is 1. The zero-order valence-electron chi connectivity index (χ0n) is 10.2. The highest BCUT2D eigenvalue weighted by atomic mass is 35.5. The smallest absolute Gasteiger partial charge is 0.171 e. The molecule has 0 spiro atoms. The van der Waals surface area contributed by atoms with Crippen molar-refractivity contribution in [2.75, 3.05) is 0 Å². The summed E-state index contributed by atoms with van der Waals surface area (Å²) in [6.07, 6.45) is 3.14. The molecule has 0 aromatic carbocycles. The van der Waals surface area contributed by atoms with E-state index in [1.54, 1.807) is 16.8 Å². The lowest BCUT2D eigenvalue weighted by Gasteiger charge is -2.08. The molecule has 2 heterocycles. The molecule has 2 aromatic heterocycles. The van der Waals surface area contributed by atoms with Gasteiger partial charge in [-0.2, -0.15) is 5.10 Å². The molecule has 94 valence electrons. The number of Topliss-reactive ketones (excluding diaryl/α,β-unsaturated/α-hetero) is 1. The van der Waals surface area contributed by atoms with Crippen molar-refractivity contribution in [2.45, 2.75) is 26.3 Å². The zero-order valence-corrected chi connectivity index (χ0v) is 10.9. The van der Waals surface area contributed by atoms with Crippen LogP contribution in [0.1, 0.15) is 36.1 Å². The normalized spacial score (nSPS) is 10.9. The predicted molar refractivity (Wildman–Crippen MR) is 67.7 cm³/mol. The third kappa shape index (κ3) is 2.73. The van der Waals surface area contributed by atoms with Crippen LogP contribution < -0.4 is 0 Å². The van der Waals surface area contributed by atoms with Crippen molar-refractivity contribution in [3.63, 3.8) is 0 Å². The Morgan fingerprint density at radius 1 is 1.39 bits per heavy atom. The van der Waals surface area contributed by atoms with Gasteiger partial charge in [0.1, 0.15) is 17.3 Å². The first kappa shape index (κ1) is 12.7. The van der Waals surface area contributed by atoms with Gasteiger partial charge in [-0.3, -0.25) is 4.79 Å². The summed E-state index contributed by atoms with van der Waals surface area (Å²) in [6.45, 7) is 3.99. The van der Waals surface area contributed by atoms with Crippen LogP contribution in [0.2, 0.25) is 5.15 Å². The predicted octanol–water partition coefficient (Wildman–Crippen LogP) is 2.33. The highest BCUT2D eigenvalue weighted by molar-refractivity contribution is 6.29. The molecule has 18 heavy (non-hydrogen) atoms. The number of pyridine rings is 1. The molecule has 0 amide bonds. The molecule has 0 aliphatic heterocycles. The summed E-state index contributed by atoms with van der Waals surface area (Å²) in [5, 5.41) is 4.47. The minimum Gasteiger partial charge on any atom is -0.294 e. The molecule has 6 heteroatoms. The Balaban J connectivity index is 2.16. The molecule has 0 aliphatic carbocycles. The number of carbonyl (C=O) groups excluding carboxylic acids is 1. The van der Waals surface area contributed by atoms with Gasteiger partial charge in [0.2, 0.25) is 0 Å². The van der Waals surface area contributed by atoms with Gasteiger partial charge in [0.05, 0.1) is 6.42 Å². The summed E-state index contributed by atoms with van der Waals surface area (Å²) in [5.41, 5.74) is 0.526. The second kappa shape index (κ2) is 5.27. The fourth-order valence-electron chi connectivity index (χ4n) is 1.62. The molecule has 0 aliphatic rings. The quantitative estimate of drug-likeness (QED) is 0.628. The molecule has 0 radical (unpaired) electrons. The highest BCUT2D eigenvalue weighted by Crippen LogP contribution is 2.10. The van der Waals surface area contributed by atoms with Gasteiger partial charge in [0.15, 0.2) is 5.78 Å². The number of aromatic nitrogens is 4. The summed E-state index contributed by atoms with van der Waals surface area (Å²) >= 11 is 5.68. The molecule has 5 nitrogen and oxygen atoms in total. The summed E-state index contributed by atoms with van der Waals surface area (Å²) in [4.78, 5) is 20.0. The number of hydrogen-bond donors (Lipinski definition) is 0. The second-order valence-corrected chi connectivity index (χ2v) is 4.57. The molecule has 0 saturated heterocycles. The third-order valence-corrected chi connectivity index (χ3v) is 2.73. The van der Waals surface area contributed by atoms with Crippen LogP contribution in [0.15, 0.2) is 24.7 Å². The van der Waals surface area contributed by atoms with Crippen LogP contribution in [0.5, 0.6) is 0 Å². The van der Waals surface area contributed by atoms with E-state index in [1.807, 2.05) is 13.8 Å². The number of nitrogens with zero attached hydrogens (tertiary/aromatic N) is 4. The molecular weight excluding hydrogens is 252 g/mol. The van der Waals surface area contributed by atoms with Gasteiger partial charge in [0, 0.05) is 17.8 Å². The maximum Gasteiger partial charge on any atom is 0.171 e. The molecule has 2 aromatic rings. The number of rotatable bonds is 4. The maximum absolute atomic E-state index is 12.0. The van der Waals surface area contributed by atoms with Gasteiger partial charge in [-0.1, -0.05) is 11.6 Å². The first-order valence-electron chi connectivity index (χ1n) is 5.61. The maximum atomic E-state index is 12.0. The van der Waals surface area contributed by atoms with Gasteiger partial charge < -0.3 is 0 Å². The lowest BCUT2D eigenvalue weighted by molar-refractivity contribution is 0.0988. The van der Waals surface area contributed by atoms with Crippen LogP contribution in [-0.4, -0.2) is 25.5 Å². The topological polar surface area (TPSA) is 60.7 Å². The van der Waals surface area contributed by atoms with E-state index in [4.69, 9.17) is 11.6 Å². The highest BCUT2D eigenvalue weighted by Gasteiger charge is 2.13. The van der Waals surface area contributed by atoms with Crippen molar-refractivity contribution in [2.24, 2.45) is 0 Å². The summed E-state index contributed by atoms with van der Waals surface area (Å²) in [6, 6.07) is 3.44. The van der Waals surface area contributed by atoms with E-state index in [0.29, 0.717) is 16.5 Å². The second-order valence-electron chi connectivity index (χ2n) is 4.18. The van der Waals surface area contributed by atoms with Gasteiger partial charge in [-0.25, -0.2) is 14.6 Å². The molecule has 0 bridgehead atoms. The Morgan fingerprint density at radius 3 is 2.78 bits per heavy atom. The van der Waals surface area contributed by atoms with E-state index in [2.05, 4.69) is 15.1 Å². The Bertz CT molecular complexity index is 547. The van der Waals surface area contributed by atoms with Crippen LogP contribution in [0.3, 0.4) is 0 Å². The van der Waals surface area contributed by atoms with Gasteiger partial charge in [-0.05, 0) is 26.0 Å². The van der Waals surface area contributed by atoms with E-state index in [0.717, 1.165) is 0 Å². The molecule has 0 unspecified atom stereocenters. The van der Waals surface area contributed by atoms with Crippen molar-refractivity contribution in [1.29, 1.82) is 0 Å². The SMILES string of the molecule is CC(C)n1ncnc1CC(=O)c1ccc(Cl)nc1. The standard InChI is InChI=1S/C12H13ClN4O/c1-8(2)17-12(15-7-16-17)5-10(18)9-3-4-11(13)14-6-9/h3-4,6-8H,5H2,1-2H3. The summed E-state index contributed by atoms with van der Waals surface area (Å²) < 4.78 is 1.74. The average Bonchev–Trinajstić information content (AvgIpc) is 2.78. The van der Waals surface area contributed by atoms with Crippen LogP contribution in [0, 0.1) is 0 Å². The van der Waals surface area contributed by atoms with Crippen LogP contribution >= 0.6 is 11.6 Å². The molecule has 2 rings (SSSR count). The van der Waals surface area contributed by atoms with Crippen molar-refractivity contribution in [3.05, 3.63) is 41.2 Å². The zero-order chi connectivity index (χ0) is 13.1. The van der Waals surface area contributed by atoms with Crippen molar-refractivity contribution in [1.82, 2.24) is 19.7 Å². The molecule has 0 fully saturated rings. The Hall–Kier alpha value is -1.75. The average molecular weight is 265 g/mol. The summed E-state index contributed by atoms with van der Waals surface area (Å²) in [7, 11) is 0. The van der Waals surface area contributed by atoms with Crippen molar-refractivity contribution >= 4 is 17.4 Å². The van der Waals surface area contributed by atoms with Crippen LogP contribution in [0.25, 0.3) is 0 Å². The minimum absolute atomic E-state index is 0.0472. The number of hydrogen-bond acceptors (Lipinski definition) is 4. The lowest BCUT2D eigenvalue weighted by Crippen LogP contribution is -2.13. The van der Waals surface area contributed by atoms with Crippen molar-refractivity contribution < 1.29 is 4.79 Å². The largest absolute Gasteiger partial charge is 0.294 e. The Morgan fingerprint density at radius 2 is 2.17 bits per heavy atom.